The Morgan fingerprint density at radius 1 is 0.328 bits per heavy atom. The first-order valence-electron chi connectivity index (χ1n) is 20.4. The van der Waals surface area contributed by atoms with Gasteiger partial charge in [-0.3, -0.25) is 0 Å². The van der Waals surface area contributed by atoms with Crippen molar-refractivity contribution in [2.45, 2.75) is 13.1 Å². The van der Waals surface area contributed by atoms with E-state index in [9.17, 15) is 0 Å². The highest BCUT2D eigenvalue weighted by molar-refractivity contribution is 6.13. The van der Waals surface area contributed by atoms with Crippen molar-refractivity contribution in [2.24, 2.45) is 0 Å². The van der Waals surface area contributed by atoms with Crippen molar-refractivity contribution >= 4 is 43.6 Å². The Kier molecular flexibility index (Phi) is 8.53. The number of hydrogen-bond acceptors (Lipinski definition) is 0. The normalized spacial score (nSPS) is 11.9. The van der Waals surface area contributed by atoms with Gasteiger partial charge in [0, 0.05) is 27.2 Å². The van der Waals surface area contributed by atoms with Crippen LogP contribution < -0.4 is 0 Å². The highest BCUT2D eigenvalue weighted by atomic mass is 19.4. The fourth-order valence-corrected chi connectivity index (χ4v) is 9.21. The Morgan fingerprint density at radius 2 is 0.639 bits per heavy atom. The Balaban J connectivity index is 1.17. The third-order valence-corrected chi connectivity index (χ3v) is 12.0. The first kappa shape index (κ1) is 36.4. The van der Waals surface area contributed by atoms with Gasteiger partial charge in [-0.25, -0.2) is 0 Å². The van der Waals surface area contributed by atoms with Crippen molar-refractivity contribution in [1.82, 2.24) is 9.13 Å². The van der Waals surface area contributed by atoms with E-state index in [0.717, 1.165) is 77.1 Å². The molecule has 0 spiro atoms. The zero-order valence-corrected chi connectivity index (χ0v) is 33.2. The van der Waals surface area contributed by atoms with Crippen molar-refractivity contribution in [3.63, 3.8) is 0 Å². The SMILES string of the molecule is Cc1cc(-n2c3ccc(-c4ccccc4)cc3c3cc(-c4ccccc4)ccc32)cc(C(F)(F)F)c1-n1c2ccc(-c3ccccc3)cc2c2cc(-c3ccccc3)ccc21. The molecule has 9 aromatic carbocycles. The topological polar surface area (TPSA) is 9.86 Å². The third kappa shape index (κ3) is 6.20. The zero-order valence-electron chi connectivity index (χ0n) is 33.2. The number of rotatable bonds is 6. The Labute approximate surface area is 351 Å². The third-order valence-electron chi connectivity index (χ3n) is 12.0. The van der Waals surface area contributed by atoms with E-state index in [-0.39, 0.29) is 5.69 Å². The van der Waals surface area contributed by atoms with Crippen LogP contribution in [0.2, 0.25) is 0 Å². The van der Waals surface area contributed by atoms with Gasteiger partial charge in [0.25, 0.3) is 0 Å². The number of aryl methyl sites for hydroxylation is 1. The maximum absolute atomic E-state index is 15.9. The molecule has 2 heterocycles. The van der Waals surface area contributed by atoms with E-state index in [1.807, 2.05) is 124 Å². The fourth-order valence-electron chi connectivity index (χ4n) is 9.21. The van der Waals surface area contributed by atoms with E-state index in [1.54, 1.807) is 6.92 Å². The molecule has 0 amide bonds. The van der Waals surface area contributed by atoms with Gasteiger partial charge in [-0.2, -0.15) is 13.2 Å². The van der Waals surface area contributed by atoms with E-state index in [1.165, 1.54) is 6.07 Å². The lowest BCUT2D eigenvalue weighted by Crippen LogP contribution is -2.14. The summed E-state index contributed by atoms with van der Waals surface area (Å²) in [5.41, 5.74) is 11.8. The lowest BCUT2D eigenvalue weighted by Gasteiger charge is -2.21. The molecule has 292 valence electrons. The molecular formula is C56H37F3N2. The summed E-state index contributed by atoms with van der Waals surface area (Å²) >= 11 is 0. The number of aromatic nitrogens is 2. The summed E-state index contributed by atoms with van der Waals surface area (Å²) in [6, 6.07) is 68.5. The molecule has 11 rings (SSSR count). The monoisotopic (exact) mass is 794 g/mol. The number of alkyl halides is 3. The predicted molar refractivity (Wildman–Crippen MR) is 247 cm³/mol. The van der Waals surface area contributed by atoms with E-state index in [4.69, 9.17) is 0 Å². The van der Waals surface area contributed by atoms with Crippen molar-refractivity contribution in [3.05, 3.63) is 217 Å². The van der Waals surface area contributed by atoms with Crippen LogP contribution in [0.1, 0.15) is 11.1 Å². The van der Waals surface area contributed by atoms with Crippen LogP contribution in [0.25, 0.3) is 99.5 Å². The van der Waals surface area contributed by atoms with Gasteiger partial charge < -0.3 is 9.13 Å². The fraction of sp³-hybridized carbons (Fsp3) is 0.0357. The van der Waals surface area contributed by atoms with E-state index >= 15 is 13.2 Å². The number of fused-ring (bicyclic) bond motifs is 6. The summed E-state index contributed by atoms with van der Waals surface area (Å²) in [6.45, 7) is 1.80. The van der Waals surface area contributed by atoms with Crippen LogP contribution in [-0.2, 0) is 6.18 Å². The predicted octanol–water partition coefficient (Wildman–Crippen LogP) is 15.9. The molecule has 0 aliphatic heterocycles. The summed E-state index contributed by atoms with van der Waals surface area (Å²) < 4.78 is 51.5. The second-order valence-electron chi connectivity index (χ2n) is 15.7. The molecule has 0 aliphatic rings. The lowest BCUT2D eigenvalue weighted by molar-refractivity contribution is -0.137. The second-order valence-corrected chi connectivity index (χ2v) is 15.7. The van der Waals surface area contributed by atoms with Crippen molar-refractivity contribution in [1.29, 1.82) is 0 Å². The maximum Gasteiger partial charge on any atom is 0.418 e. The van der Waals surface area contributed by atoms with Crippen LogP contribution in [0.3, 0.4) is 0 Å². The Morgan fingerprint density at radius 3 is 0.951 bits per heavy atom. The molecule has 5 heteroatoms. The highest BCUT2D eigenvalue weighted by Crippen LogP contribution is 2.45. The standard InChI is InChI=1S/C56H37F3N2/c1-36-30-45(60-51-26-22-41(37-14-6-2-7-15-37)31-46(51)47-32-42(23-27-52(47)60)38-16-8-3-9-17-38)35-50(56(57,58)59)55(36)61-53-28-24-43(39-18-10-4-11-19-39)33-48(53)49-34-44(25-29-54(49)61)40-20-12-5-13-21-40/h2-35H,1H3. The first-order chi connectivity index (χ1) is 29.8. The van der Waals surface area contributed by atoms with Gasteiger partial charge in [0.15, 0.2) is 0 Å². The van der Waals surface area contributed by atoms with Crippen LogP contribution in [0.5, 0.6) is 0 Å². The molecule has 0 atom stereocenters. The number of hydrogen-bond donors (Lipinski definition) is 0. The lowest BCUT2D eigenvalue weighted by atomic mass is 10.0. The zero-order chi connectivity index (χ0) is 41.2. The first-order valence-corrected chi connectivity index (χ1v) is 20.4. The summed E-state index contributed by atoms with van der Waals surface area (Å²) in [5, 5.41) is 3.71. The van der Waals surface area contributed by atoms with Crippen LogP contribution in [0, 0.1) is 6.92 Å². The number of halogens is 3. The van der Waals surface area contributed by atoms with Crippen molar-refractivity contribution < 1.29 is 13.2 Å². The van der Waals surface area contributed by atoms with Gasteiger partial charge >= 0.3 is 6.18 Å². The summed E-state index contributed by atoms with van der Waals surface area (Å²) in [7, 11) is 0. The highest BCUT2D eigenvalue weighted by Gasteiger charge is 2.37. The van der Waals surface area contributed by atoms with Crippen molar-refractivity contribution in [3.8, 4) is 55.9 Å². The molecule has 0 aliphatic carbocycles. The van der Waals surface area contributed by atoms with Gasteiger partial charge in [0.05, 0.1) is 33.3 Å². The van der Waals surface area contributed by atoms with E-state index in [2.05, 4.69) is 84.9 Å². The smallest absolute Gasteiger partial charge is 0.309 e. The van der Waals surface area contributed by atoms with Crippen LogP contribution in [-0.4, -0.2) is 9.13 Å². The molecule has 0 bridgehead atoms. The van der Waals surface area contributed by atoms with Crippen LogP contribution in [0.4, 0.5) is 13.2 Å². The minimum Gasteiger partial charge on any atom is -0.309 e. The van der Waals surface area contributed by atoms with E-state index < -0.39 is 11.7 Å². The minimum absolute atomic E-state index is 0.120. The van der Waals surface area contributed by atoms with E-state index in [0.29, 0.717) is 22.3 Å². The van der Waals surface area contributed by atoms with Gasteiger partial charge in [-0.15, -0.1) is 0 Å². The molecule has 0 fully saturated rings. The van der Waals surface area contributed by atoms with Gasteiger partial charge in [-0.05, 0) is 118 Å². The number of nitrogens with zero attached hydrogens (tertiary/aromatic N) is 2. The molecule has 2 nitrogen and oxygen atoms in total. The molecule has 61 heavy (non-hydrogen) atoms. The van der Waals surface area contributed by atoms with Gasteiger partial charge in [0.1, 0.15) is 0 Å². The Hall–Kier alpha value is -7.63. The van der Waals surface area contributed by atoms with Gasteiger partial charge in [-0.1, -0.05) is 146 Å². The molecule has 11 aromatic rings. The summed E-state index contributed by atoms with van der Waals surface area (Å²) in [5.74, 6) is 0. The molecule has 0 radical (unpaired) electrons. The molecule has 0 saturated carbocycles. The maximum atomic E-state index is 15.9. The molecule has 0 saturated heterocycles. The molecule has 0 N–H and O–H groups in total. The van der Waals surface area contributed by atoms with Gasteiger partial charge in [0.2, 0.25) is 0 Å². The summed E-state index contributed by atoms with van der Waals surface area (Å²) in [4.78, 5) is 0. The van der Waals surface area contributed by atoms with Crippen molar-refractivity contribution in [2.75, 3.05) is 0 Å². The molecule has 0 unspecified atom stereocenters. The van der Waals surface area contributed by atoms with Crippen LogP contribution in [0.15, 0.2) is 206 Å². The largest absolute Gasteiger partial charge is 0.418 e. The summed E-state index contributed by atoms with van der Waals surface area (Å²) in [6.07, 6.45) is -4.67. The second kappa shape index (κ2) is 14.3. The van der Waals surface area contributed by atoms with Crippen LogP contribution >= 0.6 is 0 Å². The molecular weight excluding hydrogens is 758 g/mol. The minimum atomic E-state index is -4.67. The Bertz CT molecular complexity index is 3240. The average molecular weight is 795 g/mol. The number of benzene rings is 9. The average Bonchev–Trinajstić information content (AvgIpc) is 3.80. The molecule has 2 aromatic heterocycles. The quantitative estimate of drug-likeness (QED) is 0.159.